The summed E-state index contributed by atoms with van der Waals surface area (Å²) in [6.45, 7) is 0. The SMILES string of the molecule is COc1ccc(C2=NC(c3cccs3)(C3(c4cccs4)N=C(c4ccccc4)C(c4ccccc4)=N3)N=C2c2ccccc2Cl)cc1OC. The molecule has 4 aromatic carbocycles. The Bertz CT molecular complexity index is 2210. The lowest BCUT2D eigenvalue weighted by atomic mass is 9.91. The second-order valence-corrected chi connectivity index (χ2v) is 13.7. The van der Waals surface area contributed by atoms with Crippen molar-refractivity contribution in [1.82, 2.24) is 0 Å². The lowest BCUT2D eigenvalue weighted by Gasteiger charge is -2.36. The van der Waals surface area contributed by atoms with E-state index in [2.05, 4.69) is 41.8 Å². The summed E-state index contributed by atoms with van der Waals surface area (Å²) in [6, 6.07) is 42.1. The minimum absolute atomic E-state index is 0.565. The molecule has 0 aliphatic carbocycles. The molecule has 0 saturated heterocycles. The van der Waals surface area contributed by atoms with Crippen molar-refractivity contribution in [3.05, 3.63) is 175 Å². The van der Waals surface area contributed by atoms with Gasteiger partial charge in [0, 0.05) is 22.3 Å². The molecule has 0 amide bonds. The first-order valence-electron chi connectivity index (χ1n) is 15.6. The van der Waals surface area contributed by atoms with Crippen LogP contribution in [0, 0.1) is 0 Å². The van der Waals surface area contributed by atoms with E-state index in [4.69, 9.17) is 41.0 Å². The van der Waals surface area contributed by atoms with Crippen LogP contribution in [0.1, 0.15) is 32.0 Å². The molecule has 240 valence electrons. The highest BCUT2D eigenvalue weighted by Gasteiger charge is 2.61. The predicted molar refractivity (Wildman–Crippen MR) is 202 cm³/mol. The average molecular weight is 697 g/mol. The standard InChI is InChI=1S/C40H29ClN4O2S2/c1-46-31-22-21-28(25-32(31)47-2)37-38(29-17-9-10-18-30(29)41)45-40(44-37,34-20-12-24-49-34)39(33-19-11-23-48-33)42-35(26-13-5-3-6-14-26)36(43-39)27-15-7-4-8-16-27/h3-25H,1-2H3. The van der Waals surface area contributed by atoms with Gasteiger partial charge in [0.15, 0.2) is 11.5 Å². The number of aliphatic imine (C=N–C) groups is 4. The van der Waals surface area contributed by atoms with Crippen molar-refractivity contribution < 1.29 is 9.47 Å². The van der Waals surface area contributed by atoms with E-state index in [1.54, 1.807) is 36.9 Å². The molecule has 0 fully saturated rings. The fourth-order valence-electron chi connectivity index (χ4n) is 6.36. The van der Waals surface area contributed by atoms with Crippen molar-refractivity contribution >= 4 is 57.1 Å². The zero-order chi connectivity index (χ0) is 33.4. The summed E-state index contributed by atoms with van der Waals surface area (Å²) < 4.78 is 11.3. The zero-order valence-electron chi connectivity index (χ0n) is 26.6. The normalized spacial score (nSPS) is 18.0. The number of halogens is 1. The van der Waals surface area contributed by atoms with Crippen LogP contribution in [0.2, 0.25) is 5.02 Å². The number of nitrogens with zero attached hydrogens (tertiary/aromatic N) is 4. The van der Waals surface area contributed by atoms with Gasteiger partial charge in [-0.2, -0.15) is 0 Å². The number of hydrogen-bond donors (Lipinski definition) is 0. The van der Waals surface area contributed by atoms with Crippen molar-refractivity contribution in [2.24, 2.45) is 20.0 Å². The highest BCUT2D eigenvalue weighted by atomic mass is 35.5. The molecule has 49 heavy (non-hydrogen) atoms. The van der Waals surface area contributed by atoms with E-state index >= 15 is 0 Å². The quantitative estimate of drug-likeness (QED) is 0.151. The Morgan fingerprint density at radius 3 is 1.47 bits per heavy atom. The molecule has 9 heteroatoms. The Morgan fingerprint density at radius 1 is 0.490 bits per heavy atom. The van der Waals surface area contributed by atoms with Gasteiger partial charge in [-0.05, 0) is 47.2 Å². The van der Waals surface area contributed by atoms with Crippen molar-refractivity contribution in [3.8, 4) is 11.5 Å². The van der Waals surface area contributed by atoms with E-state index in [1.807, 2.05) is 96.4 Å². The molecular formula is C40H29ClN4O2S2. The molecule has 0 spiro atoms. The van der Waals surface area contributed by atoms with Gasteiger partial charge < -0.3 is 9.47 Å². The van der Waals surface area contributed by atoms with Crippen LogP contribution in [0.5, 0.6) is 11.5 Å². The van der Waals surface area contributed by atoms with Crippen LogP contribution in [-0.4, -0.2) is 37.1 Å². The summed E-state index contributed by atoms with van der Waals surface area (Å²) in [6.07, 6.45) is 0. The Balaban J connectivity index is 1.49. The molecule has 4 heterocycles. The second kappa shape index (κ2) is 12.7. The Kier molecular flexibility index (Phi) is 8.08. The number of methoxy groups -OCH3 is 2. The largest absolute Gasteiger partial charge is 0.493 e. The van der Waals surface area contributed by atoms with Crippen LogP contribution in [-0.2, 0) is 11.3 Å². The van der Waals surface area contributed by atoms with Crippen molar-refractivity contribution in [1.29, 1.82) is 0 Å². The molecule has 6 aromatic rings. The van der Waals surface area contributed by atoms with Crippen molar-refractivity contribution in [3.63, 3.8) is 0 Å². The van der Waals surface area contributed by atoms with Gasteiger partial charge in [0.25, 0.3) is 0 Å². The third-order valence-corrected chi connectivity index (χ3v) is 10.9. The van der Waals surface area contributed by atoms with E-state index in [0.717, 1.165) is 43.4 Å². The molecule has 1 atom stereocenters. The smallest absolute Gasteiger partial charge is 0.236 e. The molecule has 0 bridgehead atoms. The van der Waals surface area contributed by atoms with Gasteiger partial charge in [-0.3, -0.25) is 0 Å². The van der Waals surface area contributed by atoms with Crippen LogP contribution >= 0.6 is 34.3 Å². The molecule has 0 saturated carbocycles. The highest BCUT2D eigenvalue weighted by Crippen LogP contribution is 2.56. The molecule has 2 aliphatic rings. The van der Waals surface area contributed by atoms with Gasteiger partial charge in [0.1, 0.15) is 0 Å². The Labute approximate surface area is 297 Å². The van der Waals surface area contributed by atoms with Crippen LogP contribution in [0.4, 0.5) is 0 Å². The van der Waals surface area contributed by atoms with Gasteiger partial charge in [-0.1, -0.05) is 103 Å². The van der Waals surface area contributed by atoms with Gasteiger partial charge in [0.2, 0.25) is 11.3 Å². The maximum Gasteiger partial charge on any atom is 0.236 e. The third-order valence-electron chi connectivity index (χ3n) is 8.64. The molecule has 8 rings (SSSR count). The average Bonchev–Trinajstić information content (AvgIpc) is 3.99. The van der Waals surface area contributed by atoms with Crippen LogP contribution in [0.3, 0.4) is 0 Å². The lowest BCUT2D eigenvalue weighted by molar-refractivity contribution is 0.267. The first-order valence-corrected chi connectivity index (χ1v) is 17.8. The van der Waals surface area contributed by atoms with E-state index in [9.17, 15) is 0 Å². The van der Waals surface area contributed by atoms with Crippen LogP contribution in [0.15, 0.2) is 158 Å². The summed E-state index contributed by atoms with van der Waals surface area (Å²) in [4.78, 5) is 24.5. The predicted octanol–water partition coefficient (Wildman–Crippen LogP) is 9.47. The fraction of sp³-hybridized carbons (Fsp3) is 0.100. The summed E-state index contributed by atoms with van der Waals surface area (Å²) in [5.74, 6) is 1.20. The molecule has 1 unspecified atom stereocenters. The topological polar surface area (TPSA) is 67.9 Å². The maximum absolute atomic E-state index is 6.95. The molecular weight excluding hydrogens is 668 g/mol. The number of thiophene rings is 2. The number of benzene rings is 4. The van der Waals surface area contributed by atoms with Gasteiger partial charge in [0.05, 0.1) is 51.8 Å². The second-order valence-electron chi connectivity index (χ2n) is 11.4. The van der Waals surface area contributed by atoms with Gasteiger partial charge in [-0.25, -0.2) is 20.0 Å². The summed E-state index contributed by atoms with van der Waals surface area (Å²) in [5.41, 5.74) is 3.70. The summed E-state index contributed by atoms with van der Waals surface area (Å²) in [5, 5.41) is 4.67. The van der Waals surface area contributed by atoms with Gasteiger partial charge in [-0.15, -0.1) is 22.7 Å². The highest BCUT2D eigenvalue weighted by molar-refractivity contribution is 7.10. The lowest BCUT2D eigenvalue weighted by Crippen LogP contribution is -2.42. The van der Waals surface area contributed by atoms with E-state index in [1.165, 1.54) is 0 Å². The third kappa shape index (κ3) is 5.15. The molecule has 0 radical (unpaired) electrons. The number of ether oxygens (including phenoxy) is 2. The number of rotatable bonds is 9. The van der Waals surface area contributed by atoms with E-state index in [0.29, 0.717) is 27.9 Å². The Hall–Kier alpha value is -5.15. The van der Waals surface area contributed by atoms with E-state index in [-0.39, 0.29) is 0 Å². The minimum atomic E-state index is -1.33. The Morgan fingerprint density at radius 2 is 0.980 bits per heavy atom. The maximum atomic E-state index is 6.95. The molecule has 6 nitrogen and oxygen atoms in total. The van der Waals surface area contributed by atoms with Gasteiger partial charge >= 0.3 is 0 Å². The van der Waals surface area contributed by atoms with Crippen molar-refractivity contribution in [2.45, 2.75) is 11.3 Å². The molecule has 2 aromatic heterocycles. The molecule has 2 aliphatic heterocycles. The van der Waals surface area contributed by atoms with Crippen molar-refractivity contribution in [2.75, 3.05) is 14.2 Å². The minimum Gasteiger partial charge on any atom is -0.493 e. The number of hydrogen-bond acceptors (Lipinski definition) is 8. The molecule has 0 N–H and O–H groups in total. The monoisotopic (exact) mass is 696 g/mol. The first kappa shape index (κ1) is 31.1. The van der Waals surface area contributed by atoms with Crippen LogP contribution in [0.25, 0.3) is 0 Å². The van der Waals surface area contributed by atoms with Crippen LogP contribution < -0.4 is 9.47 Å². The summed E-state index contributed by atoms with van der Waals surface area (Å²) in [7, 11) is 3.25. The summed E-state index contributed by atoms with van der Waals surface area (Å²) >= 11 is 10.1. The first-order chi connectivity index (χ1) is 24.1. The fourth-order valence-corrected chi connectivity index (χ4v) is 8.30. The van der Waals surface area contributed by atoms with E-state index < -0.39 is 11.3 Å². The zero-order valence-corrected chi connectivity index (χ0v) is 29.0.